The van der Waals surface area contributed by atoms with E-state index >= 15 is 0 Å². The van der Waals surface area contributed by atoms with Crippen LogP contribution in [0.2, 0.25) is 0 Å². The fourth-order valence-corrected chi connectivity index (χ4v) is 3.36. The van der Waals surface area contributed by atoms with Crippen molar-refractivity contribution in [2.24, 2.45) is 5.73 Å². The van der Waals surface area contributed by atoms with Gasteiger partial charge in [-0.15, -0.1) is 0 Å². The molecule has 0 aromatic carbocycles. The summed E-state index contributed by atoms with van der Waals surface area (Å²) in [6.45, 7) is -1.48. The zero-order valence-corrected chi connectivity index (χ0v) is 13.8. The van der Waals surface area contributed by atoms with Crippen LogP contribution in [0.15, 0.2) is 21.9 Å². The smallest absolute Gasteiger partial charge is 0.330 e. The molecule has 1 fully saturated rings. The molecule has 4 N–H and O–H groups in total. The average molecular weight is 351 g/mol. The monoisotopic (exact) mass is 351 g/mol. The summed E-state index contributed by atoms with van der Waals surface area (Å²) in [6.07, 6.45) is -1.60. The first-order valence-corrected chi connectivity index (χ1v) is 9.57. The van der Waals surface area contributed by atoms with E-state index in [1.165, 1.54) is 30.6 Å². The van der Waals surface area contributed by atoms with Crippen LogP contribution in [-0.2, 0) is 25.8 Å². The number of nitrogens with one attached hydrogen (secondary N) is 1. The van der Waals surface area contributed by atoms with Gasteiger partial charge in [-0.25, -0.2) is 4.79 Å². The minimum absolute atomic E-state index is 0.0917. The second-order valence-corrected chi connectivity index (χ2v) is 8.74. The van der Waals surface area contributed by atoms with Crippen LogP contribution < -0.4 is 17.0 Å². The molecule has 2 rings (SSSR count). The number of nitrogens with two attached hydrogens (primary N) is 1. The van der Waals surface area contributed by atoms with E-state index in [9.17, 15) is 14.5 Å². The standard InChI is InChI=1S/C11H18N3O6PS/c1-18-9-8(20-21(2,17)22)6(5-12)19-10(9)14-4-3-7(15)13-11(14)16/h3-4,6,8-10H,5,12H2,1-2H3,(H,17,22)(H,13,15,16)/t6-,8+,9+,10-,21?/m1/s1. The Morgan fingerprint density at radius 1 is 1.55 bits per heavy atom. The molecular formula is C11H18N3O6PS. The number of hydrogen-bond donors (Lipinski definition) is 3. The fraction of sp³-hybridized carbons (Fsp3) is 0.636. The maximum absolute atomic E-state index is 11.9. The second-order valence-electron chi connectivity index (χ2n) is 4.89. The van der Waals surface area contributed by atoms with Crippen LogP contribution in [0.5, 0.6) is 0 Å². The Hall–Kier alpha value is -0.870. The number of aromatic amines is 1. The number of H-pyrrole nitrogens is 1. The Kier molecular flexibility index (Phi) is 5.33. The predicted molar refractivity (Wildman–Crippen MR) is 82.4 cm³/mol. The first-order chi connectivity index (χ1) is 10.3. The van der Waals surface area contributed by atoms with Crippen molar-refractivity contribution in [3.05, 3.63) is 33.1 Å². The highest BCUT2D eigenvalue weighted by molar-refractivity contribution is 8.09. The van der Waals surface area contributed by atoms with Crippen LogP contribution in [0.4, 0.5) is 0 Å². The van der Waals surface area contributed by atoms with Gasteiger partial charge in [0.2, 0.25) is 0 Å². The summed E-state index contributed by atoms with van der Waals surface area (Å²) in [7, 11) is 1.42. The van der Waals surface area contributed by atoms with E-state index in [0.717, 1.165) is 0 Å². The van der Waals surface area contributed by atoms with Crippen molar-refractivity contribution in [2.75, 3.05) is 20.3 Å². The van der Waals surface area contributed by atoms with Gasteiger partial charge >= 0.3 is 5.69 Å². The van der Waals surface area contributed by atoms with Crippen molar-refractivity contribution in [1.82, 2.24) is 9.55 Å². The maximum Gasteiger partial charge on any atom is 0.330 e. The Bertz CT molecular complexity index is 685. The van der Waals surface area contributed by atoms with Crippen LogP contribution in [0, 0.1) is 0 Å². The van der Waals surface area contributed by atoms with Crippen LogP contribution in [-0.4, -0.2) is 53.1 Å². The predicted octanol–water partition coefficient (Wildman–Crippen LogP) is -1.28. The van der Waals surface area contributed by atoms with Crippen molar-refractivity contribution in [2.45, 2.75) is 24.5 Å². The molecule has 1 aliphatic rings. The van der Waals surface area contributed by atoms with Gasteiger partial charge in [0.15, 0.2) is 12.7 Å². The molecule has 11 heteroatoms. The molecule has 0 aliphatic carbocycles. The molecule has 1 aliphatic heterocycles. The first kappa shape index (κ1) is 17.5. The number of nitrogens with zero attached hydrogens (tertiary/aromatic N) is 1. The maximum atomic E-state index is 11.9. The quantitative estimate of drug-likeness (QED) is 0.560. The fourth-order valence-electron chi connectivity index (χ4n) is 2.35. The summed E-state index contributed by atoms with van der Waals surface area (Å²) in [4.78, 5) is 35.0. The van der Waals surface area contributed by atoms with Crippen LogP contribution in [0.1, 0.15) is 6.23 Å². The molecule has 0 spiro atoms. The molecule has 2 heterocycles. The van der Waals surface area contributed by atoms with Gasteiger partial charge in [-0.2, -0.15) is 0 Å². The number of hydrogen-bond acceptors (Lipinski definition) is 7. The lowest BCUT2D eigenvalue weighted by Gasteiger charge is -2.25. The van der Waals surface area contributed by atoms with Crippen molar-refractivity contribution in [1.29, 1.82) is 0 Å². The summed E-state index contributed by atoms with van der Waals surface area (Å²) < 4.78 is 17.7. The van der Waals surface area contributed by atoms with Gasteiger partial charge in [0, 0.05) is 32.6 Å². The van der Waals surface area contributed by atoms with Crippen molar-refractivity contribution in [3.63, 3.8) is 0 Å². The third-order valence-corrected chi connectivity index (χ3v) is 4.13. The van der Waals surface area contributed by atoms with E-state index in [1.807, 2.05) is 0 Å². The van der Waals surface area contributed by atoms with E-state index < -0.39 is 42.3 Å². The van der Waals surface area contributed by atoms with Crippen LogP contribution in [0.25, 0.3) is 0 Å². The number of rotatable bonds is 5. The third-order valence-electron chi connectivity index (χ3n) is 3.23. The highest BCUT2D eigenvalue weighted by atomic mass is 32.5. The highest BCUT2D eigenvalue weighted by Gasteiger charge is 2.47. The number of aromatic nitrogens is 2. The minimum atomic E-state index is -2.98. The normalized spacial score (nSPS) is 31.1. The lowest BCUT2D eigenvalue weighted by molar-refractivity contribution is -0.0519. The molecule has 1 aromatic heterocycles. The first-order valence-electron chi connectivity index (χ1n) is 6.45. The number of methoxy groups -OCH3 is 1. The second kappa shape index (κ2) is 6.71. The Morgan fingerprint density at radius 2 is 2.23 bits per heavy atom. The lowest BCUT2D eigenvalue weighted by atomic mass is 10.1. The molecule has 124 valence electrons. The van der Waals surface area contributed by atoms with Gasteiger partial charge in [-0.1, -0.05) is 0 Å². The Balaban J connectivity index is 2.38. The van der Waals surface area contributed by atoms with Gasteiger partial charge in [0.1, 0.15) is 18.3 Å². The summed E-state index contributed by atoms with van der Waals surface area (Å²) in [5.74, 6) is 0. The van der Waals surface area contributed by atoms with Gasteiger partial charge in [0.25, 0.3) is 5.56 Å². The van der Waals surface area contributed by atoms with Crippen molar-refractivity contribution in [3.8, 4) is 0 Å². The molecule has 1 saturated heterocycles. The van der Waals surface area contributed by atoms with Gasteiger partial charge in [-0.05, 0) is 11.8 Å². The minimum Gasteiger partial charge on any atom is -0.374 e. The van der Waals surface area contributed by atoms with Gasteiger partial charge < -0.3 is 24.6 Å². The van der Waals surface area contributed by atoms with E-state index in [4.69, 9.17) is 31.5 Å². The van der Waals surface area contributed by atoms with E-state index in [2.05, 4.69) is 4.98 Å². The average Bonchev–Trinajstić information content (AvgIpc) is 2.74. The van der Waals surface area contributed by atoms with Crippen LogP contribution in [0.3, 0.4) is 0 Å². The van der Waals surface area contributed by atoms with Gasteiger partial charge in [-0.3, -0.25) is 14.3 Å². The molecule has 0 radical (unpaired) electrons. The van der Waals surface area contributed by atoms with E-state index in [1.54, 1.807) is 0 Å². The zero-order valence-electron chi connectivity index (χ0n) is 12.0. The summed E-state index contributed by atoms with van der Waals surface area (Å²) >= 11 is 4.90. The topological polar surface area (TPSA) is 129 Å². The van der Waals surface area contributed by atoms with Crippen molar-refractivity contribution >= 4 is 18.3 Å². The number of ether oxygens (including phenoxy) is 2. The lowest BCUT2D eigenvalue weighted by Crippen LogP contribution is -2.40. The Labute approximate surface area is 131 Å². The SMILES string of the molecule is CO[C@H]1[C@@H](OP(C)(O)=S)[C@@H](CN)O[C@H]1n1ccc(=O)[nH]c1=O. The molecule has 22 heavy (non-hydrogen) atoms. The molecule has 1 aromatic rings. The molecule has 0 amide bonds. The van der Waals surface area contributed by atoms with Crippen molar-refractivity contribution < 1.29 is 18.9 Å². The summed E-state index contributed by atoms with van der Waals surface area (Å²) in [5.41, 5.74) is 4.49. The summed E-state index contributed by atoms with van der Waals surface area (Å²) in [5, 5.41) is 0. The summed E-state index contributed by atoms with van der Waals surface area (Å²) in [6, 6.07) is 1.19. The molecule has 0 bridgehead atoms. The molecular weight excluding hydrogens is 333 g/mol. The molecule has 1 unspecified atom stereocenters. The van der Waals surface area contributed by atoms with E-state index in [-0.39, 0.29) is 6.54 Å². The molecule has 5 atom stereocenters. The molecule has 0 saturated carbocycles. The highest BCUT2D eigenvalue weighted by Crippen LogP contribution is 2.44. The third kappa shape index (κ3) is 3.72. The van der Waals surface area contributed by atoms with Crippen LogP contribution >= 0.6 is 6.49 Å². The largest absolute Gasteiger partial charge is 0.374 e. The van der Waals surface area contributed by atoms with E-state index in [0.29, 0.717) is 0 Å². The van der Waals surface area contributed by atoms with Gasteiger partial charge in [0.05, 0.1) is 0 Å². The molecule has 9 nitrogen and oxygen atoms in total. The zero-order chi connectivity index (χ0) is 16.5. The Morgan fingerprint density at radius 3 is 2.73 bits per heavy atom.